The van der Waals surface area contributed by atoms with Crippen molar-refractivity contribution >= 4 is 0 Å². The zero-order valence-electron chi connectivity index (χ0n) is 10.6. The SMILES string of the molecule is COCCc1nc(C2(N)CCCC(C)C2)no1. The van der Waals surface area contributed by atoms with Crippen LogP contribution in [-0.2, 0) is 16.7 Å². The smallest absolute Gasteiger partial charge is 0.229 e. The van der Waals surface area contributed by atoms with E-state index in [1.54, 1.807) is 7.11 Å². The third kappa shape index (κ3) is 2.84. The maximum atomic E-state index is 6.40. The van der Waals surface area contributed by atoms with Gasteiger partial charge in [0.1, 0.15) is 0 Å². The van der Waals surface area contributed by atoms with Crippen LogP contribution in [0.25, 0.3) is 0 Å². The van der Waals surface area contributed by atoms with E-state index in [1.165, 1.54) is 6.42 Å². The molecular formula is C12H21N3O2. The van der Waals surface area contributed by atoms with Crippen LogP contribution in [-0.4, -0.2) is 23.9 Å². The van der Waals surface area contributed by atoms with Crippen LogP contribution in [0.4, 0.5) is 0 Å². The molecule has 1 aliphatic carbocycles. The Hall–Kier alpha value is -0.940. The molecule has 0 aliphatic heterocycles. The minimum Gasteiger partial charge on any atom is -0.384 e. The molecule has 1 aliphatic rings. The van der Waals surface area contributed by atoms with Crippen molar-refractivity contribution < 1.29 is 9.26 Å². The van der Waals surface area contributed by atoms with Crippen molar-refractivity contribution in [2.24, 2.45) is 11.7 Å². The Balaban J connectivity index is 2.07. The molecule has 1 heterocycles. The van der Waals surface area contributed by atoms with Gasteiger partial charge in [-0.3, -0.25) is 0 Å². The van der Waals surface area contributed by atoms with Gasteiger partial charge < -0.3 is 15.0 Å². The molecule has 1 aromatic rings. The molecule has 5 heteroatoms. The molecule has 1 saturated carbocycles. The fraction of sp³-hybridized carbons (Fsp3) is 0.833. The number of nitrogens with two attached hydrogens (primary N) is 1. The third-order valence-corrected chi connectivity index (χ3v) is 3.47. The van der Waals surface area contributed by atoms with E-state index in [1.807, 2.05) is 0 Å². The van der Waals surface area contributed by atoms with Crippen molar-refractivity contribution in [1.29, 1.82) is 0 Å². The van der Waals surface area contributed by atoms with Crippen LogP contribution >= 0.6 is 0 Å². The second-order valence-corrected chi connectivity index (χ2v) is 5.11. The quantitative estimate of drug-likeness (QED) is 0.864. The van der Waals surface area contributed by atoms with Gasteiger partial charge in [-0.2, -0.15) is 4.98 Å². The predicted molar refractivity (Wildman–Crippen MR) is 63.4 cm³/mol. The van der Waals surface area contributed by atoms with E-state index in [9.17, 15) is 0 Å². The zero-order valence-corrected chi connectivity index (χ0v) is 10.6. The van der Waals surface area contributed by atoms with E-state index in [0.29, 0.717) is 30.7 Å². The fourth-order valence-electron chi connectivity index (χ4n) is 2.54. The standard InChI is InChI=1S/C12H21N3O2/c1-9-4-3-6-12(13,8-9)11-14-10(17-15-11)5-7-16-2/h9H,3-8,13H2,1-2H3. The summed E-state index contributed by atoms with van der Waals surface area (Å²) in [6, 6.07) is 0. The van der Waals surface area contributed by atoms with E-state index in [2.05, 4.69) is 17.1 Å². The Labute approximate surface area is 102 Å². The van der Waals surface area contributed by atoms with Gasteiger partial charge in [0.2, 0.25) is 5.89 Å². The van der Waals surface area contributed by atoms with Gasteiger partial charge in [-0.1, -0.05) is 24.9 Å². The van der Waals surface area contributed by atoms with Gasteiger partial charge in [-0.25, -0.2) is 0 Å². The van der Waals surface area contributed by atoms with E-state index >= 15 is 0 Å². The summed E-state index contributed by atoms with van der Waals surface area (Å²) in [6.45, 7) is 2.82. The molecule has 1 aromatic heterocycles. The molecule has 0 radical (unpaired) electrons. The Morgan fingerprint density at radius 3 is 3.12 bits per heavy atom. The van der Waals surface area contributed by atoms with Crippen molar-refractivity contribution in [1.82, 2.24) is 10.1 Å². The summed E-state index contributed by atoms with van der Waals surface area (Å²) in [4.78, 5) is 4.39. The van der Waals surface area contributed by atoms with Gasteiger partial charge in [0.25, 0.3) is 0 Å². The summed E-state index contributed by atoms with van der Waals surface area (Å²) >= 11 is 0. The van der Waals surface area contributed by atoms with Crippen LogP contribution in [0.1, 0.15) is 44.3 Å². The highest BCUT2D eigenvalue weighted by Gasteiger charge is 2.36. The monoisotopic (exact) mass is 239 g/mol. The highest BCUT2D eigenvalue weighted by atomic mass is 16.5. The number of aromatic nitrogens is 2. The van der Waals surface area contributed by atoms with Crippen LogP contribution in [0.3, 0.4) is 0 Å². The number of hydrogen-bond acceptors (Lipinski definition) is 5. The van der Waals surface area contributed by atoms with Crippen LogP contribution in [0, 0.1) is 5.92 Å². The average Bonchev–Trinajstić information content (AvgIpc) is 2.75. The van der Waals surface area contributed by atoms with Gasteiger partial charge in [0.05, 0.1) is 18.6 Å². The molecule has 17 heavy (non-hydrogen) atoms. The Bertz CT molecular complexity index is 366. The topological polar surface area (TPSA) is 74.2 Å². The zero-order chi connectivity index (χ0) is 12.3. The van der Waals surface area contributed by atoms with Gasteiger partial charge >= 0.3 is 0 Å². The number of nitrogens with zero attached hydrogens (tertiary/aromatic N) is 2. The molecule has 1 fully saturated rings. The second-order valence-electron chi connectivity index (χ2n) is 5.11. The normalized spacial score (nSPS) is 29.5. The summed E-state index contributed by atoms with van der Waals surface area (Å²) in [5, 5.41) is 4.03. The lowest BCUT2D eigenvalue weighted by atomic mass is 9.76. The van der Waals surface area contributed by atoms with Crippen molar-refractivity contribution in [2.75, 3.05) is 13.7 Å². The van der Waals surface area contributed by atoms with E-state index < -0.39 is 5.54 Å². The van der Waals surface area contributed by atoms with Crippen LogP contribution < -0.4 is 5.73 Å². The molecule has 0 amide bonds. The summed E-state index contributed by atoms with van der Waals surface area (Å²) in [5.41, 5.74) is 6.00. The molecule has 2 atom stereocenters. The largest absolute Gasteiger partial charge is 0.384 e. The summed E-state index contributed by atoms with van der Waals surface area (Å²) < 4.78 is 10.2. The van der Waals surface area contributed by atoms with E-state index in [4.69, 9.17) is 15.0 Å². The highest BCUT2D eigenvalue weighted by molar-refractivity contribution is 5.06. The molecular weight excluding hydrogens is 218 g/mol. The summed E-state index contributed by atoms with van der Waals surface area (Å²) in [7, 11) is 1.66. The molecule has 2 rings (SSSR count). The molecule has 2 N–H and O–H groups in total. The highest BCUT2D eigenvalue weighted by Crippen LogP contribution is 2.36. The molecule has 5 nitrogen and oxygen atoms in total. The molecule has 96 valence electrons. The minimum absolute atomic E-state index is 0.396. The maximum absolute atomic E-state index is 6.40. The van der Waals surface area contributed by atoms with Crippen LogP contribution in [0.15, 0.2) is 4.52 Å². The lowest BCUT2D eigenvalue weighted by Gasteiger charge is -2.33. The number of ether oxygens (including phenoxy) is 1. The molecule has 0 spiro atoms. The van der Waals surface area contributed by atoms with Crippen LogP contribution in [0.2, 0.25) is 0 Å². The second kappa shape index (κ2) is 5.14. The fourth-order valence-corrected chi connectivity index (χ4v) is 2.54. The van der Waals surface area contributed by atoms with E-state index in [0.717, 1.165) is 19.3 Å². The molecule has 0 aromatic carbocycles. The minimum atomic E-state index is -0.396. The lowest BCUT2D eigenvalue weighted by molar-refractivity contribution is 0.191. The Kier molecular flexibility index (Phi) is 3.79. The van der Waals surface area contributed by atoms with Crippen molar-refractivity contribution in [3.8, 4) is 0 Å². The summed E-state index contributed by atoms with van der Waals surface area (Å²) in [5.74, 6) is 1.91. The average molecular weight is 239 g/mol. The first-order valence-electron chi connectivity index (χ1n) is 6.25. The van der Waals surface area contributed by atoms with Gasteiger partial charge in [-0.05, 0) is 18.8 Å². The Morgan fingerprint density at radius 1 is 1.59 bits per heavy atom. The predicted octanol–water partition coefficient (Wildman–Crippen LogP) is 1.62. The first kappa shape index (κ1) is 12.5. The third-order valence-electron chi connectivity index (χ3n) is 3.47. The van der Waals surface area contributed by atoms with E-state index in [-0.39, 0.29) is 0 Å². The van der Waals surface area contributed by atoms with Crippen LogP contribution in [0.5, 0.6) is 0 Å². The molecule has 0 saturated heterocycles. The van der Waals surface area contributed by atoms with Gasteiger partial charge in [-0.15, -0.1) is 0 Å². The molecule has 2 unspecified atom stereocenters. The Morgan fingerprint density at radius 2 is 2.41 bits per heavy atom. The van der Waals surface area contributed by atoms with Gasteiger partial charge in [0.15, 0.2) is 5.82 Å². The van der Waals surface area contributed by atoms with Gasteiger partial charge in [0, 0.05) is 7.11 Å². The first-order chi connectivity index (χ1) is 8.14. The number of hydrogen-bond donors (Lipinski definition) is 1. The number of rotatable bonds is 4. The van der Waals surface area contributed by atoms with Crippen molar-refractivity contribution in [2.45, 2.75) is 44.6 Å². The number of methoxy groups -OCH3 is 1. The van der Waals surface area contributed by atoms with Crippen molar-refractivity contribution in [3.05, 3.63) is 11.7 Å². The van der Waals surface area contributed by atoms with Crippen molar-refractivity contribution in [3.63, 3.8) is 0 Å². The molecule has 0 bridgehead atoms. The lowest BCUT2D eigenvalue weighted by Crippen LogP contribution is -2.42. The first-order valence-corrected chi connectivity index (χ1v) is 6.25. The maximum Gasteiger partial charge on any atom is 0.229 e. The summed E-state index contributed by atoms with van der Waals surface area (Å²) in [6.07, 6.45) is 4.92.